The van der Waals surface area contributed by atoms with Crippen LogP contribution in [0.4, 0.5) is 0 Å². The number of aromatic nitrogens is 1. The van der Waals surface area contributed by atoms with Gasteiger partial charge in [0.05, 0.1) is 5.92 Å². The molecule has 140 valence electrons. The minimum absolute atomic E-state index is 0. The molecule has 1 aromatic rings. The van der Waals surface area contributed by atoms with E-state index in [4.69, 9.17) is 0 Å². The third-order valence-corrected chi connectivity index (χ3v) is 5.13. The molecule has 6 nitrogen and oxygen atoms in total. The fourth-order valence-corrected chi connectivity index (χ4v) is 3.83. The Balaban J connectivity index is 0.00000225. The van der Waals surface area contributed by atoms with Crippen molar-refractivity contribution in [1.29, 1.82) is 0 Å². The molecule has 0 aliphatic carbocycles. The molecule has 2 amide bonds. The zero-order valence-electron chi connectivity index (χ0n) is 14.9. The van der Waals surface area contributed by atoms with E-state index in [-0.39, 0.29) is 30.1 Å². The largest absolute Gasteiger partial charge is 0.356 e. The molecule has 25 heavy (non-hydrogen) atoms. The summed E-state index contributed by atoms with van der Waals surface area (Å²) in [7, 11) is 0. The van der Waals surface area contributed by atoms with Gasteiger partial charge in [0, 0.05) is 31.9 Å². The van der Waals surface area contributed by atoms with Crippen LogP contribution in [0.15, 0.2) is 18.3 Å². The maximum absolute atomic E-state index is 13.0. The minimum atomic E-state index is -0.0788. The fraction of sp³-hybridized carbons (Fsp3) is 0.667. The monoisotopic (exact) mass is 368 g/mol. The number of halogens is 1. The van der Waals surface area contributed by atoms with Gasteiger partial charge >= 0.3 is 0 Å². The van der Waals surface area contributed by atoms with Crippen LogP contribution in [-0.4, -0.2) is 54.0 Å². The molecule has 3 heterocycles. The Morgan fingerprint density at radius 1 is 1.28 bits per heavy atom. The van der Waals surface area contributed by atoms with Crippen molar-refractivity contribution in [3.63, 3.8) is 0 Å². The van der Waals surface area contributed by atoms with Gasteiger partial charge in [-0.1, -0.05) is 0 Å². The molecule has 1 atom stereocenters. The number of hydrogen-bond donors (Lipinski definition) is 2. The number of amides is 2. The number of piperidine rings is 2. The SMILES string of the molecule is CCNC(=O)C1CCCN(C(=O)c2cccn2C2CCNCC2)C1.Cl. The molecule has 2 aliphatic heterocycles. The minimum Gasteiger partial charge on any atom is -0.356 e. The van der Waals surface area contributed by atoms with Gasteiger partial charge < -0.3 is 20.1 Å². The maximum atomic E-state index is 13.0. The first kappa shape index (κ1) is 19.8. The summed E-state index contributed by atoms with van der Waals surface area (Å²) < 4.78 is 2.14. The van der Waals surface area contributed by atoms with E-state index in [0.29, 0.717) is 19.1 Å². The van der Waals surface area contributed by atoms with Crippen LogP contribution in [0.2, 0.25) is 0 Å². The van der Waals surface area contributed by atoms with Gasteiger partial charge in [0.25, 0.3) is 5.91 Å². The van der Waals surface area contributed by atoms with Gasteiger partial charge in [0.2, 0.25) is 5.91 Å². The van der Waals surface area contributed by atoms with E-state index in [1.807, 2.05) is 30.2 Å². The lowest BCUT2D eigenvalue weighted by atomic mass is 9.97. The number of nitrogens with zero attached hydrogens (tertiary/aromatic N) is 2. The summed E-state index contributed by atoms with van der Waals surface area (Å²) in [6.45, 7) is 5.84. The van der Waals surface area contributed by atoms with Crippen molar-refractivity contribution in [2.45, 2.75) is 38.6 Å². The third-order valence-electron chi connectivity index (χ3n) is 5.13. The normalized spacial score (nSPS) is 21.5. The van der Waals surface area contributed by atoms with Gasteiger partial charge in [-0.05, 0) is 57.8 Å². The average Bonchev–Trinajstić information content (AvgIpc) is 3.12. The van der Waals surface area contributed by atoms with Crippen molar-refractivity contribution >= 4 is 24.2 Å². The van der Waals surface area contributed by atoms with Gasteiger partial charge in [-0.15, -0.1) is 12.4 Å². The highest BCUT2D eigenvalue weighted by Gasteiger charge is 2.30. The Morgan fingerprint density at radius 2 is 2.04 bits per heavy atom. The smallest absolute Gasteiger partial charge is 0.270 e. The molecular weight excluding hydrogens is 340 g/mol. The molecule has 2 saturated heterocycles. The van der Waals surface area contributed by atoms with Crippen molar-refractivity contribution in [2.75, 3.05) is 32.7 Å². The molecule has 0 spiro atoms. The topological polar surface area (TPSA) is 66.4 Å². The number of carbonyl (C=O) groups is 2. The Labute approximate surface area is 155 Å². The average molecular weight is 369 g/mol. The first-order chi connectivity index (χ1) is 11.7. The highest BCUT2D eigenvalue weighted by atomic mass is 35.5. The maximum Gasteiger partial charge on any atom is 0.270 e. The number of nitrogens with one attached hydrogen (secondary N) is 2. The van der Waals surface area contributed by atoms with Crippen LogP contribution in [0, 0.1) is 5.92 Å². The predicted octanol–water partition coefficient (Wildman–Crippen LogP) is 1.82. The number of hydrogen-bond acceptors (Lipinski definition) is 3. The molecule has 3 rings (SSSR count). The zero-order valence-corrected chi connectivity index (χ0v) is 15.7. The molecular formula is C18H29ClN4O2. The highest BCUT2D eigenvalue weighted by molar-refractivity contribution is 5.93. The number of carbonyl (C=O) groups excluding carboxylic acids is 2. The molecule has 0 bridgehead atoms. The van der Waals surface area contributed by atoms with Crippen LogP contribution in [0.3, 0.4) is 0 Å². The van der Waals surface area contributed by atoms with Crippen LogP contribution in [0.5, 0.6) is 0 Å². The van der Waals surface area contributed by atoms with Crippen LogP contribution < -0.4 is 10.6 Å². The summed E-state index contributed by atoms with van der Waals surface area (Å²) in [6, 6.07) is 4.27. The van der Waals surface area contributed by atoms with Crippen LogP contribution >= 0.6 is 12.4 Å². The second-order valence-electron chi connectivity index (χ2n) is 6.77. The molecule has 0 saturated carbocycles. The number of rotatable bonds is 4. The standard InChI is InChI=1S/C18H28N4O2.ClH/c1-2-20-17(23)14-5-3-11-21(13-14)18(24)16-6-4-12-22(16)15-7-9-19-10-8-15;/h4,6,12,14-15,19H,2-3,5,7-11,13H2,1H3,(H,20,23);1H. The first-order valence-corrected chi connectivity index (χ1v) is 9.15. The van der Waals surface area contributed by atoms with E-state index in [9.17, 15) is 9.59 Å². The lowest BCUT2D eigenvalue weighted by Gasteiger charge is -2.33. The Kier molecular flexibility index (Phi) is 7.32. The molecule has 2 aliphatic rings. The van der Waals surface area contributed by atoms with Gasteiger partial charge in [-0.3, -0.25) is 9.59 Å². The second kappa shape index (κ2) is 9.25. The van der Waals surface area contributed by atoms with E-state index in [1.54, 1.807) is 0 Å². The van der Waals surface area contributed by atoms with Crippen LogP contribution in [0.25, 0.3) is 0 Å². The third kappa shape index (κ3) is 4.55. The Hall–Kier alpha value is -1.53. The van der Waals surface area contributed by atoms with E-state index < -0.39 is 0 Å². The molecule has 1 aromatic heterocycles. The molecule has 2 fully saturated rings. The quantitative estimate of drug-likeness (QED) is 0.852. The summed E-state index contributed by atoms with van der Waals surface area (Å²) >= 11 is 0. The molecule has 2 N–H and O–H groups in total. The zero-order chi connectivity index (χ0) is 16.9. The van der Waals surface area contributed by atoms with Crippen molar-refractivity contribution in [3.05, 3.63) is 24.0 Å². The van der Waals surface area contributed by atoms with Crippen LogP contribution in [0.1, 0.15) is 49.1 Å². The first-order valence-electron chi connectivity index (χ1n) is 9.15. The second-order valence-corrected chi connectivity index (χ2v) is 6.77. The van der Waals surface area contributed by atoms with Crippen molar-refractivity contribution in [2.24, 2.45) is 5.92 Å². The van der Waals surface area contributed by atoms with Gasteiger partial charge in [-0.2, -0.15) is 0 Å². The summed E-state index contributed by atoms with van der Waals surface area (Å²) in [6.07, 6.45) is 5.88. The Morgan fingerprint density at radius 3 is 2.76 bits per heavy atom. The summed E-state index contributed by atoms with van der Waals surface area (Å²) in [5.41, 5.74) is 0.762. The van der Waals surface area contributed by atoms with E-state index in [1.165, 1.54) is 0 Å². The highest BCUT2D eigenvalue weighted by Crippen LogP contribution is 2.24. The van der Waals surface area contributed by atoms with E-state index >= 15 is 0 Å². The van der Waals surface area contributed by atoms with Crippen molar-refractivity contribution in [3.8, 4) is 0 Å². The number of likely N-dealkylation sites (tertiary alicyclic amines) is 1. The molecule has 0 radical (unpaired) electrons. The van der Waals surface area contributed by atoms with Crippen molar-refractivity contribution < 1.29 is 9.59 Å². The molecule has 1 unspecified atom stereocenters. The van der Waals surface area contributed by atoms with Gasteiger partial charge in [-0.25, -0.2) is 0 Å². The van der Waals surface area contributed by atoms with Gasteiger partial charge in [0.1, 0.15) is 5.69 Å². The summed E-state index contributed by atoms with van der Waals surface area (Å²) in [5, 5.41) is 6.25. The van der Waals surface area contributed by atoms with Crippen LogP contribution in [-0.2, 0) is 4.79 Å². The summed E-state index contributed by atoms with van der Waals surface area (Å²) in [4.78, 5) is 27.0. The fourth-order valence-electron chi connectivity index (χ4n) is 3.83. The van der Waals surface area contributed by atoms with E-state index in [0.717, 1.165) is 51.0 Å². The summed E-state index contributed by atoms with van der Waals surface area (Å²) in [5.74, 6) is 0.0567. The molecule has 7 heteroatoms. The van der Waals surface area contributed by atoms with E-state index in [2.05, 4.69) is 15.2 Å². The predicted molar refractivity (Wildman–Crippen MR) is 100 cm³/mol. The van der Waals surface area contributed by atoms with Gasteiger partial charge in [0.15, 0.2) is 0 Å². The Bertz CT molecular complexity index is 583. The lowest BCUT2D eigenvalue weighted by Crippen LogP contribution is -2.46. The lowest BCUT2D eigenvalue weighted by molar-refractivity contribution is -0.126. The molecule has 0 aromatic carbocycles. The van der Waals surface area contributed by atoms with Crippen molar-refractivity contribution in [1.82, 2.24) is 20.1 Å².